The van der Waals surface area contributed by atoms with Crippen molar-refractivity contribution < 1.29 is 0 Å². The Morgan fingerprint density at radius 2 is 1.07 bits per heavy atom. The molecule has 10 rings (SSSR count). The molecule has 0 atom stereocenters. The minimum atomic E-state index is -0.241. The zero-order valence-corrected chi connectivity index (χ0v) is 33.5. The number of aromatic nitrogens is 2. The van der Waals surface area contributed by atoms with Crippen molar-refractivity contribution in [1.29, 1.82) is 0 Å². The van der Waals surface area contributed by atoms with Crippen molar-refractivity contribution in [2.24, 2.45) is 0 Å². The van der Waals surface area contributed by atoms with E-state index in [0.29, 0.717) is 0 Å². The smallest absolute Gasteiger partial charge is 0.141 e. The summed E-state index contributed by atoms with van der Waals surface area (Å²) in [6.07, 6.45) is 3.82. The molecule has 2 aromatic heterocycles. The fraction of sp³-hybridized carbons (Fsp3) is 0.216. The van der Waals surface area contributed by atoms with Gasteiger partial charge in [0.05, 0.1) is 34.1 Å². The minimum absolute atomic E-state index is 0.197. The standard InChI is InChI=1S/C51H47N5/c1-32-17-9-11-22-41(32)55(46-24-13-14-27-52-46)43-31-45-40(29-33(43)2)50(5,6)35-18-10-12-23-42(35)54(45)34-25-26-36-44(30-34)56-47-37(49(36,3)4)19-15-20-38(47)51(7,8)39-21-16-28-53-48(39)56/h9-31H,1-8H3. The van der Waals surface area contributed by atoms with Gasteiger partial charge >= 0.3 is 0 Å². The highest BCUT2D eigenvalue weighted by Gasteiger charge is 2.46. The first-order valence-corrected chi connectivity index (χ1v) is 19.8. The first-order chi connectivity index (χ1) is 26.9. The molecule has 5 aromatic carbocycles. The van der Waals surface area contributed by atoms with Gasteiger partial charge in [0, 0.05) is 39.9 Å². The highest BCUT2D eigenvalue weighted by molar-refractivity contribution is 5.95. The van der Waals surface area contributed by atoms with Gasteiger partial charge in [-0.05, 0) is 101 Å². The van der Waals surface area contributed by atoms with E-state index in [2.05, 4.69) is 191 Å². The maximum Gasteiger partial charge on any atom is 0.141 e. The number of nitrogens with zero attached hydrogens (tertiary/aromatic N) is 5. The lowest BCUT2D eigenvalue weighted by atomic mass is 9.67. The summed E-state index contributed by atoms with van der Waals surface area (Å²) in [5.41, 5.74) is 17.6. The zero-order chi connectivity index (χ0) is 38.7. The van der Waals surface area contributed by atoms with E-state index >= 15 is 0 Å². The summed E-state index contributed by atoms with van der Waals surface area (Å²) in [6.45, 7) is 18.6. The molecule has 0 bridgehead atoms. The highest BCUT2D eigenvalue weighted by Crippen LogP contribution is 2.61. The van der Waals surface area contributed by atoms with E-state index in [1.807, 2.05) is 18.5 Å². The lowest BCUT2D eigenvalue weighted by Crippen LogP contribution is -2.38. The number of benzene rings is 5. The molecule has 56 heavy (non-hydrogen) atoms. The molecule has 3 aliphatic rings. The van der Waals surface area contributed by atoms with E-state index in [1.165, 1.54) is 67.3 Å². The summed E-state index contributed by atoms with van der Waals surface area (Å²) in [5, 5.41) is 0. The molecule has 0 amide bonds. The van der Waals surface area contributed by atoms with Gasteiger partial charge in [-0.1, -0.05) is 120 Å². The average Bonchev–Trinajstić information content (AvgIpc) is 3.19. The van der Waals surface area contributed by atoms with Gasteiger partial charge in [-0.25, -0.2) is 9.97 Å². The van der Waals surface area contributed by atoms with Crippen LogP contribution in [0.1, 0.15) is 86.1 Å². The Kier molecular flexibility index (Phi) is 7.29. The fourth-order valence-corrected chi connectivity index (χ4v) is 9.90. The van der Waals surface area contributed by atoms with Gasteiger partial charge in [0.2, 0.25) is 0 Å². The van der Waals surface area contributed by atoms with Crippen LogP contribution in [0, 0.1) is 13.8 Å². The molecular weight excluding hydrogens is 683 g/mol. The first-order valence-electron chi connectivity index (χ1n) is 19.8. The summed E-state index contributed by atoms with van der Waals surface area (Å²) in [7, 11) is 0. The van der Waals surface area contributed by atoms with Crippen LogP contribution < -0.4 is 14.7 Å². The van der Waals surface area contributed by atoms with Crippen molar-refractivity contribution in [3.63, 3.8) is 0 Å². The number of fused-ring (bicyclic) bond motifs is 6. The topological polar surface area (TPSA) is 35.5 Å². The van der Waals surface area contributed by atoms with Crippen molar-refractivity contribution in [1.82, 2.24) is 9.97 Å². The third-order valence-corrected chi connectivity index (χ3v) is 13.0. The summed E-state index contributed by atoms with van der Waals surface area (Å²) >= 11 is 0. The second-order valence-corrected chi connectivity index (χ2v) is 17.3. The molecule has 5 nitrogen and oxygen atoms in total. The molecule has 276 valence electrons. The first kappa shape index (κ1) is 34.3. The Morgan fingerprint density at radius 3 is 1.84 bits per heavy atom. The van der Waals surface area contributed by atoms with Gasteiger partial charge in [0.1, 0.15) is 11.6 Å². The van der Waals surface area contributed by atoms with Crippen LogP contribution in [0.3, 0.4) is 0 Å². The third-order valence-electron chi connectivity index (χ3n) is 13.0. The van der Waals surface area contributed by atoms with Gasteiger partial charge in [-0.15, -0.1) is 0 Å². The Balaban J connectivity index is 1.24. The number of aryl methyl sites for hydroxylation is 2. The summed E-state index contributed by atoms with van der Waals surface area (Å²) in [4.78, 5) is 17.3. The lowest BCUT2D eigenvalue weighted by molar-refractivity contribution is 0.594. The normalized spacial score (nSPS) is 16.2. The summed E-state index contributed by atoms with van der Waals surface area (Å²) in [5.74, 6) is 1.89. The Labute approximate surface area is 330 Å². The third kappa shape index (κ3) is 4.67. The molecule has 0 unspecified atom stereocenters. The van der Waals surface area contributed by atoms with Crippen molar-refractivity contribution in [2.75, 3.05) is 14.7 Å². The van der Waals surface area contributed by atoms with Crippen LogP contribution in [0.15, 0.2) is 140 Å². The molecule has 0 radical (unpaired) electrons. The van der Waals surface area contributed by atoms with Crippen LogP contribution in [-0.2, 0) is 16.2 Å². The van der Waals surface area contributed by atoms with E-state index in [9.17, 15) is 0 Å². The van der Waals surface area contributed by atoms with Crippen LogP contribution in [-0.4, -0.2) is 9.97 Å². The van der Waals surface area contributed by atoms with Crippen LogP contribution in [0.5, 0.6) is 0 Å². The zero-order valence-electron chi connectivity index (χ0n) is 33.5. The van der Waals surface area contributed by atoms with E-state index in [1.54, 1.807) is 0 Å². The molecule has 0 saturated heterocycles. The maximum absolute atomic E-state index is 5.13. The second-order valence-electron chi connectivity index (χ2n) is 17.3. The molecule has 0 fully saturated rings. The molecule has 5 heteroatoms. The van der Waals surface area contributed by atoms with E-state index in [0.717, 1.165) is 28.7 Å². The number of hydrogen-bond donors (Lipinski definition) is 0. The summed E-state index contributed by atoms with van der Waals surface area (Å²) < 4.78 is 0. The lowest BCUT2D eigenvalue weighted by Gasteiger charge is -2.49. The highest BCUT2D eigenvalue weighted by atomic mass is 15.2. The molecule has 7 aromatic rings. The van der Waals surface area contributed by atoms with Gasteiger partial charge in [0.15, 0.2) is 0 Å². The Morgan fingerprint density at radius 1 is 0.446 bits per heavy atom. The van der Waals surface area contributed by atoms with E-state index < -0.39 is 0 Å². The monoisotopic (exact) mass is 729 g/mol. The van der Waals surface area contributed by atoms with E-state index in [4.69, 9.17) is 9.97 Å². The molecule has 0 saturated carbocycles. The van der Waals surface area contributed by atoms with Gasteiger partial charge in [-0.2, -0.15) is 0 Å². The van der Waals surface area contributed by atoms with E-state index in [-0.39, 0.29) is 16.2 Å². The number of anilines is 9. The van der Waals surface area contributed by atoms with Crippen molar-refractivity contribution >= 4 is 51.4 Å². The van der Waals surface area contributed by atoms with Gasteiger partial charge in [0.25, 0.3) is 0 Å². The number of para-hydroxylation sites is 3. The van der Waals surface area contributed by atoms with Crippen molar-refractivity contribution in [2.45, 2.75) is 71.6 Å². The molecule has 3 aliphatic heterocycles. The quantitative estimate of drug-likeness (QED) is 0.180. The molecule has 0 N–H and O–H groups in total. The predicted octanol–water partition coefficient (Wildman–Crippen LogP) is 13.4. The Hall–Kier alpha value is -6.20. The van der Waals surface area contributed by atoms with Crippen LogP contribution in [0.4, 0.5) is 51.4 Å². The predicted molar refractivity (Wildman–Crippen MR) is 232 cm³/mol. The SMILES string of the molecule is Cc1ccccc1N(c1ccccn1)c1cc2c(cc1C)C(C)(C)c1ccccc1N2c1ccc2c(c1)N1c3ncccc3C(C)(C)c3cccc(c31)C2(C)C. The number of rotatable bonds is 4. The molecule has 0 spiro atoms. The number of pyridine rings is 2. The van der Waals surface area contributed by atoms with Crippen molar-refractivity contribution in [3.8, 4) is 0 Å². The molecular formula is C51H47N5. The molecule has 5 heterocycles. The van der Waals surface area contributed by atoms with Gasteiger partial charge < -0.3 is 4.90 Å². The van der Waals surface area contributed by atoms with Crippen LogP contribution >= 0.6 is 0 Å². The second kappa shape index (κ2) is 11.9. The molecule has 0 aliphatic carbocycles. The summed E-state index contributed by atoms with van der Waals surface area (Å²) in [6, 6.07) is 46.8. The average molecular weight is 730 g/mol. The largest absolute Gasteiger partial charge is 0.310 e. The number of hydrogen-bond acceptors (Lipinski definition) is 5. The van der Waals surface area contributed by atoms with Crippen LogP contribution in [0.25, 0.3) is 0 Å². The fourth-order valence-electron chi connectivity index (χ4n) is 9.90. The maximum atomic E-state index is 5.13. The van der Waals surface area contributed by atoms with Crippen molar-refractivity contribution in [3.05, 3.63) is 184 Å². The van der Waals surface area contributed by atoms with Crippen LogP contribution in [0.2, 0.25) is 0 Å². The Bertz CT molecular complexity index is 2710. The minimum Gasteiger partial charge on any atom is -0.310 e. The van der Waals surface area contributed by atoms with Gasteiger partial charge in [-0.3, -0.25) is 9.80 Å².